The highest BCUT2D eigenvalue weighted by molar-refractivity contribution is 6.03. The molecule has 2 rings (SSSR count). The lowest BCUT2D eigenvalue weighted by Gasteiger charge is -2.21. The van der Waals surface area contributed by atoms with Crippen LogP contribution in [0.15, 0.2) is 29.1 Å². The highest BCUT2D eigenvalue weighted by Crippen LogP contribution is 2.15. The molecular weight excluding hydrogens is 388 g/mol. The fourth-order valence-electron chi connectivity index (χ4n) is 2.71. The van der Waals surface area contributed by atoms with Gasteiger partial charge in [-0.05, 0) is 39.7 Å². The van der Waals surface area contributed by atoms with Crippen LogP contribution in [0.25, 0.3) is 10.8 Å². The van der Waals surface area contributed by atoms with E-state index < -0.39 is 29.6 Å². The zero-order valence-corrected chi connectivity index (χ0v) is 18.1. The first-order valence-electron chi connectivity index (χ1n) is 9.73. The molecule has 30 heavy (non-hydrogen) atoms. The Kier molecular flexibility index (Phi) is 6.96. The van der Waals surface area contributed by atoms with Gasteiger partial charge in [0.2, 0.25) is 0 Å². The summed E-state index contributed by atoms with van der Waals surface area (Å²) in [6.45, 7) is 10.8. The van der Waals surface area contributed by atoms with Crippen molar-refractivity contribution in [3.05, 3.63) is 40.3 Å². The summed E-state index contributed by atoms with van der Waals surface area (Å²) in [5.41, 5.74) is -0.901. The Morgan fingerprint density at radius 3 is 2.27 bits per heavy atom. The standard InChI is InChI=1S/C21H28N4O5/c1-12(2)11-25-18(27)15-10-8-7-9-14(15)16(24-25)19(28)30-13(3)17(26)22-20(29)23-21(4,5)6/h7-10,12-13H,11H2,1-6H3,(H2,22,23,26,29)/t13-/m1/s1. The molecule has 0 saturated heterocycles. The number of nitrogens with one attached hydrogen (secondary N) is 2. The minimum absolute atomic E-state index is 0.0651. The van der Waals surface area contributed by atoms with E-state index in [1.165, 1.54) is 11.6 Å². The van der Waals surface area contributed by atoms with Crippen molar-refractivity contribution in [1.29, 1.82) is 0 Å². The molecule has 1 aromatic carbocycles. The number of rotatable bonds is 5. The van der Waals surface area contributed by atoms with Gasteiger partial charge >= 0.3 is 12.0 Å². The first-order valence-corrected chi connectivity index (χ1v) is 9.73. The molecule has 0 aliphatic rings. The normalized spacial score (nSPS) is 12.5. The predicted octanol–water partition coefficient (Wildman–Crippen LogP) is 2.22. The van der Waals surface area contributed by atoms with Gasteiger partial charge in [0.15, 0.2) is 11.8 Å². The molecule has 2 aromatic rings. The average molecular weight is 416 g/mol. The van der Waals surface area contributed by atoms with Gasteiger partial charge in [0.1, 0.15) is 0 Å². The number of carbonyl (C=O) groups excluding carboxylic acids is 3. The molecule has 9 nitrogen and oxygen atoms in total. The van der Waals surface area contributed by atoms with Gasteiger partial charge < -0.3 is 10.1 Å². The Bertz CT molecular complexity index is 1020. The number of ether oxygens (including phenoxy) is 1. The highest BCUT2D eigenvalue weighted by Gasteiger charge is 2.25. The number of hydrogen-bond acceptors (Lipinski definition) is 6. The summed E-state index contributed by atoms with van der Waals surface area (Å²) < 4.78 is 6.46. The van der Waals surface area contributed by atoms with Crippen LogP contribution in [0.2, 0.25) is 0 Å². The fourth-order valence-corrected chi connectivity index (χ4v) is 2.71. The quantitative estimate of drug-likeness (QED) is 0.722. The minimum Gasteiger partial charge on any atom is -0.448 e. The van der Waals surface area contributed by atoms with Crippen molar-refractivity contribution in [3.63, 3.8) is 0 Å². The number of fused-ring (bicyclic) bond motifs is 1. The smallest absolute Gasteiger partial charge is 0.360 e. The molecule has 3 amide bonds. The minimum atomic E-state index is -1.24. The zero-order chi connectivity index (χ0) is 22.6. The Morgan fingerprint density at radius 1 is 1.10 bits per heavy atom. The van der Waals surface area contributed by atoms with Gasteiger partial charge in [-0.1, -0.05) is 32.0 Å². The topological polar surface area (TPSA) is 119 Å². The average Bonchev–Trinajstić information content (AvgIpc) is 2.61. The van der Waals surface area contributed by atoms with E-state index in [2.05, 4.69) is 15.7 Å². The molecule has 0 aliphatic heterocycles. The van der Waals surface area contributed by atoms with Crippen LogP contribution in [-0.4, -0.2) is 39.3 Å². The number of amides is 3. The van der Waals surface area contributed by atoms with Crippen LogP contribution >= 0.6 is 0 Å². The molecule has 0 saturated carbocycles. The number of aromatic nitrogens is 2. The maximum atomic E-state index is 12.8. The summed E-state index contributed by atoms with van der Waals surface area (Å²) >= 11 is 0. The van der Waals surface area contributed by atoms with E-state index in [1.807, 2.05) is 13.8 Å². The highest BCUT2D eigenvalue weighted by atomic mass is 16.5. The van der Waals surface area contributed by atoms with Crippen molar-refractivity contribution in [3.8, 4) is 0 Å². The van der Waals surface area contributed by atoms with E-state index in [0.29, 0.717) is 17.3 Å². The number of esters is 1. The maximum absolute atomic E-state index is 12.8. The number of benzene rings is 1. The van der Waals surface area contributed by atoms with Gasteiger partial charge in [-0.25, -0.2) is 14.3 Å². The number of carbonyl (C=O) groups is 3. The lowest BCUT2D eigenvalue weighted by molar-refractivity contribution is -0.127. The largest absolute Gasteiger partial charge is 0.448 e. The van der Waals surface area contributed by atoms with Crippen molar-refractivity contribution in [2.24, 2.45) is 5.92 Å². The summed E-state index contributed by atoms with van der Waals surface area (Å²) in [5.74, 6) is -1.50. The summed E-state index contributed by atoms with van der Waals surface area (Å²) in [7, 11) is 0. The van der Waals surface area contributed by atoms with Crippen LogP contribution < -0.4 is 16.2 Å². The third-order valence-electron chi connectivity index (χ3n) is 3.98. The molecule has 9 heteroatoms. The van der Waals surface area contributed by atoms with Crippen LogP contribution in [0, 0.1) is 5.92 Å². The van der Waals surface area contributed by atoms with Crippen LogP contribution in [0.1, 0.15) is 52.0 Å². The number of imide groups is 1. The van der Waals surface area contributed by atoms with Crippen molar-refractivity contribution < 1.29 is 19.1 Å². The summed E-state index contributed by atoms with van der Waals surface area (Å²) in [4.78, 5) is 49.5. The van der Waals surface area contributed by atoms with Crippen LogP contribution in [-0.2, 0) is 16.1 Å². The monoisotopic (exact) mass is 416 g/mol. The first kappa shape index (κ1) is 23.1. The van der Waals surface area contributed by atoms with E-state index in [4.69, 9.17) is 4.74 Å². The van der Waals surface area contributed by atoms with Gasteiger partial charge in [0.05, 0.1) is 5.39 Å². The summed E-state index contributed by atoms with van der Waals surface area (Å²) in [6, 6.07) is 5.90. The first-order chi connectivity index (χ1) is 13.9. The third-order valence-corrected chi connectivity index (χ3v) is 3.98. The molecular formula is C21H28N4O5. The van der Waals surface area contributed by atoms with Gasteiger partial charge in [0, 0.05) is 17.5 Å². The lowest BCUT2D eigenvalue weighted by atomic mass is 10.1. The van der Waals surface area contributed by atoms with Crippen LogP contribution in [0.3, 0.4) is 0 Å². The van der Waals surface area contributed by atoms with Crippen molar-refractivity contribution in [2.45, 2.75) is 59.7 Å². The zero-order valence-electron chi connectivity index (χ0n) is 18.1. The molecule has 1 aromatic heterocycles. The van der Waals surface area contributed by atoms with E-state index in [-0.39, 0.29) is 17.2 Å². The molecule has 0 unspecified atom stereocenters. The molecule has 1 atom stereocenters. The fraction of sp³-hybridized carbons (Fsp3) is 0.476. The lowest BCUT2D eigenvalue weighted by Crippen LogP contribution is -2.50. The second kappa shape index (κ2) is 9.06. The van der Waals surface area contributed by atoms with Gasteiger partial charge in [-0.15, -0.1) is 0 Å². The molecule has 0 fully saturated rings. The second-order valence-electron chi connectivity index (χ2n) is 8.52. The summed E-state index contributed by atoms with van der Waals surface area (Å²) in [6.07, 6.45) is -1.24. The van der Waals surface area contributed by atoms with Gasteiger partial charge in [-0.2, -0.15) is 5.10 Å². The van der Waals surface area contributed by atoms with Crippen LogP contribution in [0.4, 0.5) is 4.79 Å². The molecule has 0 bridgehead atoms. The van der Waals surface area contributed by atoms with Gasteiger partial charge in [0.25, 0.3) is 11.5 Å². The van der Waals surface area contributed by atoms with Crippen molar-refractivity contribution >= 4 is 28.7 Å². The Hall–Kier alpha value is -3.23. The predicted molar refractivity (Wildman–Crippen MR) is 112 cm³/mol. The number of hydrogen-bond donors (Lipinski definition) is 2. The molecule has 0 radical (unpaired) electrons. The van der Waals surface area contributed by atoms with E-state index in [1.54, 1.807) is 45.0 Å². The molecule has 162 valence electrons. The molecule has 2 N–H and O–H groups in total. The number of nitrogens with zero attached hydrogens (tertiary/aromatic N) is 2. The maximum Gasteiger partial charge on any atom is 0.360 e. The molecule has 1 heterocycles. The van der Waals surface area contributed by atoms with E-state index >= 15 is 0 Å². The van der Waals surface area contributed by atoms with Crippen molar-refractivity contribution in [1.82, 2.24) is 20.4 Å². The Balaban J connectivity index is 2.26. The van der Waals surface area contributed by atoms with Gasteiger partial charge in [-0.3, -0.25) is 14.9 Å². The number of urea groups is 1. The molecule has 0 aliphatic carbocycles. The SMILES string of the molecule is CC(C)Cn1nc(C(=O)O[C@H](C)C(=O)NC(=O)NC(C)(C)C)c2ccccc2c1=O. The molecule has 0 spiro atoms. The van der Waals surface area contributed by atoms with Crippen molar-refractivity contribution in [2.75, 3.05) is 0 Å². The Labute approximate surface area is 174 Å². The second-order valence-corrected chi connectivity index (χ2v) is 8.52. The van der Waals surface area contributed by atoms with E-state index in [0.717, 1.165) is 0 Å². The Morgan fingerprint density at radius 2 is 1.70 bits per heavy atom. The third kappa shape index (κ3) is 5.88. The van der Waals surface area contributed by atoms with E-state index in [9.17, 15) is 19.2 Å². The van der Waals surface area contributed by atoms with Crippen LogP contribution in [0.5, 0.6) is 0 Å². The summed E-state index contributed by atoms with van der Waals surface area (Å²) in [5, 5.41) is 9.57.